The molecular weight excluding hydrogens is 421 g/mol. The zero-order chi connectivity index (χ0) is 21.4. The highest BCUT2D eigenvalue weighted by molar-refractivity contribution is 6.42. The fourth-order valence-electron chi connectivity index (χ4n) is 3.55. The Morgan fingerprint density at radius 3 is 2.60 bits per heavy atom. The number of para-hydroxylation sites is 2. The molecule has 0 radical (unpaired) electrons. The molecular formula is C22H21Cl2N5O. The minimum absolute atomic E-state index is 0.0815. The molecule has 0 aliphatic rings. The molecule has 0 unspecified atom stereocenters. The van der Waals surface area contributed by atoms with Crippen molar-refractivity contribution in [3.8, 4) is 5.69 Å². The van der Waals surface area contributed by atoms with E-state index in [0.717, 1.165) is 39.5 Å². The minimum Gasteiger partial charge on any atom is -0.349 e. The van der Waals surface area contributed by atoms with Gasteiger partial charge in [-0.15, -0.1) is 0 Å². The number of amides is 1. The fourth-order valence-corrected chi connectivity index (χ4v) is 3.85. The predicted octanol–water partition coefficient (Wildman–Crippen LogP) is 4.54. The number of imidazole rings is 1. The Balaban J connectivity index is 1.50. The van der Waals surface area contributed by atoms with Crippen LogP contribution in [0.15, 0.2) is 42.5 Å². The van der Waals surface area contributed by atoms with Crippen molar-refractivity contribution < 1.29 is 4.79 Å². The molecule has 2 heterocycles. The van der Waals surface area contributed by atoms with E-state index in [2.05, 4.69) is 15.4 Å². The summed E-state index contributed by atoms with van der Waals surface area (Å²) < 4.78 is 3.78. The van der Waals surface area contributed by atoms with Crippen LogP contribution in [0.25, 0.3) is 16.7 Å². The van der Waals surface area contributed by atoms with Gasteiger partial charge in [0, 0.05) is 18.3 Å². The first kappa shape index (κ1) is 20.4. The second-order valence-corrected chi connectivity index (χ2v) is 8.00. The number of benzene rings is 2. The van der Waals surface area contributed by atoms with Gasteiger partial charge in [0.15, 0.2) is 0 Å². The van der Waals surface area contributed by atoms with E-state index in [9.17, 15) is 4.79 Å². The van der Waals surface area contributed by atoms with Crippen molar-refractivity contribution in [3.63, 3.8) is 0 Å². The van der Waals surface area contributed by atoms with E-state index in [1.54, 1.807) is 16.8 Å². The van der Waals surface area contributed by atoms with Crippen LogP contribution in [-0.2, 0) is 24.8 Å². The Morgan fingerprint density at radius 1 is 1.10 bits per heavy atom. The van der Waals surface area contributed by atoms with Gasteiger partial charge in [-0.3, -0.25) is 4.79 Å². The molecule has 0 saturated carbocycles. The van der Waals surface area contributed by atoms with Gasteiger partial charge in [0.05, 0.1) is 45.4 Å². The number of carbonyl (C=O) groups is 1. The van der Waals surface area contributed by atoms with Crippen molar-refractivity contribution in [2.24, 2.45) is 7.05 Å². The Hall–Kier alpha value is -2.83. The van der Waals surface area contributed by atoms with Gasteiger partial charge in [-0.1, -0.05) is 35.3 Å². The van der Waals surface area contributed by atoms with Gasteiger partial charge in [-0.05, 0) is 44.2 Å². The first-order chi connectivity index (χ1) is 14.3. The summed E-state index contributed by atoms with van der Waals surface area (Å²) in [6, 6.07) is 13.3. The Labute approximate surface area is 184 Å². The number of rotatable bonds is 5. The van der Waals surface area contributed by atoms with E-state index < -0.39 is 0 Å². The largest absolute Gasteiger partial charge is 0.349 e. The van der Waals surface area contributed by atoms with E-state index in [1.807, 2.05) is 55.8 Å². The molecule has 0 spiro atoms. The van der Waals surface area contributed by atoms with Gasteiger partial charge in [0.1, 0.15) is 5.82 Å². The molecule has 4 aromatic rings. The Kier molecular flexibility index (Phi) is 5.54. The number of nitrogens with one attached hydrogen (secondary N) is 1. The zero-order valence-corrected chi connectivity index (χ0v) is 18.4. The van der Waals surface area contributed by atoms with Crippen molar-refractivity contribution in [1.29, 1.82) is 0 Å². The van der Waals surface area contributed by atoms with Crippen LogP contribution in [0.1, 0.15) is 22.8 Å². The third-order valence-electron chi connectivity index (χ3n) is 5.25. The monoisotopic (exact) mass is 441 g/mol. The minimum atomic E-state index is -0.0815. The number of fused-ring (bicyclic) bond motifs is 1. The van der Waals surface area contributed by atoms with E-state index >= 15 is 0 Å². The van der Waals surface area contributed by atoms with Crippen LogP contribution in [-0.4, -0.2) is 25.2 Å². The van der Waals surface area contributed by atoms with Crippen molar-refractivity contribution in [2.75, 3.05) is 0 Å². The van der Waals surface area contributed by atoms with Crippen LogP contribution in [0.3, 0.4) is 0 Å². The summed E-state index contributed by atoms with van der Waals surface area (Å²) >= 11 is 12.2. The number of nitrogens with zero attached hydrogens (tertiary/aromatic N) is 4. The van der Waals surface area contributed by atoms with E-state index in [0.29, 0.717) is 16.6 Å². The normalized spacial score (nSPS) is 11.2. The summed E-state index contributed by atoms with van der Waals surface area (Å²) in [4.78, 5) is 17.2. The molecule has 0 aliphatic heterocycles. The average molecular weight is 442 g/mol. The quantitative estimate of drug-likeness (QED) is 0.494. The molecule has 0 fully saturated rings. The molecule has 1 amide bonds. The molecule has 1 N–H and O–H groups in total. The average Bonchev–Trinajstić information content (AvgIpc) is 3.20. The molecule has 0 bridgehead atoms. The molecule has 0 aliphatic carbocycles. The molecule has 154 valence electrons. The molecule has 8 heteroatoms. The van der Waals surface area contributed by atoms with Gasteiger partial charge in [0.25, 0.3) is 0 Å². The van der Waals surface area contributed by atoms with Crippen LogP contribution in [0.5, 0.6) is 0 Å². The van der Waals surface area contributed by atoms with Gasteiger partial charge in [-0.2, -0.15) is 5.10 Å². The lowest BCUT2D eigenvalue weighted by Crippen LogP contribution is -2.26. The van der Waals surface area contributed by atoms with Crippen molar-refractivity contribution in [2.45, 2.75) is 26.8 Å². The molecule has 6 nitrogen and oxygen atoms in total. The summed E-state index contributed by atoms with van der Waals surface area (Å²) in [5, 5.41) is 8.51. The van der Waals surface area contributed by atoms with Crippen molar-refractivity contribution in [1.82, 2.24) is 24.6 Å². The van der Waals surface area contributed by atoms with Crippen molar-refractivity contribution >= 4 is 40.1 Å². The summed E-state index contributed by atoms with van der Waals surface area (Å²) in [7, 11) is 1.95. The van der Waals surface area contributed by atoms with Gasteiger partial charge >= 0.3 is 0 Å². The van der Waals surface area contributed by atoms with Crippen LogP contribution in [0.4, 0.5) is 0 Å². The van der Waals surface area contributed by atoms with Crippen LogP contribution in [0, 0.1) is 13.8 Å². The third kappa shape index (κ3) is 3.80. The fraction of sp³-hybridized carbons (Fsp3) is 0.227. The number of aromatic nitrogens is 4. The first-order valence-electron chi connectivity index (χ1n) is 9.52. The maximum absolute atomic E-state index is 12.6. The SMILES string of the molecule is Cc1nn(-c2ccc(Cl)c(Cl)c2)c(C)c1CC(=O)NCc1nc2ccccc2n1C. The first-order valence-corrected chi connectivity index (χ1v) is 10.3. The summed E-state index contributed by atoms with van der Waals surface area (Å²) in [6.45, 7) is 4.20. The summed E-state index contributed by atoms with van der Waals surface area (Å²) in [5.74, 6) is 0.728. The van der Waals surface area contributed by atoms with E-state index in [-0.39, 0.29) is 12.3 Å². The highest BCUT2D eigenvalue weighted by Crippen LogP contribution is 2.26. The predicted molar refractivity (Wildman–Crippen MR) is 119 cm³/mol. The number of aryl methyl sites for hydroxylation is 2. The summed E-state index contributed by atoms with van der Waals surface area (Å²) in [5.41, 5.74) is 5.34. The lowest BCUT2D eigenvalue weighted by molar-refractivity contribution is -0.120. The zero-order valence-electron chi connectivity index (χ0n) is 16.9. The van der Waals surface area contributed by atoms with Crippen molar-refractivity contribution in [3.05, 3.63) is 75.3 Å². The van der Waals surface area contributed by atoms with E-state index in [1.165, 1.54) is 0 Å². The number of hydrogen-bond donors (Lipinski definition) is 1. The Morgan fingerprint density at radius 2 is 1.87 bits per heavy atom. The van der Waals surface area contributed by atoms with Crippen LogP contribution in [0.2, 0.25) is 10.0 Å². The maximum atomic E-state index is 12.6. The molecule has 2 aromatic carbocycles. The number of carbonyl (C=O) groups excluding carboxylic acids is 1. The molecule has 0 saturated heterocycles. The molecule has 4 rings (SSSR count). The number of halogens is 2. The van der Waals surface area contributed by atoms with Crippen LogP contribution < -0.4 is 5.32 Å². The third-order valence-corrected chi connectivity index (χ3v) is 5.99. The Bertz CT molecular complexity index is 1260. The highest BCUT2D eigenvalue weighted by Gasteiger charge is 2.17. The maximum Gasteiger partial charge on any atom is 0.224 e. The molecule has 30 heavy (non-hydrogen) atoms. The van der Waals surface area contributed by atoms with Gasteiger partial charge in [0.2, 0.25) is 5.91 Å². The van der Waals surface area contributed by atoms with E-state index in [4.69, 9.17) is 23.2 Å². The van der Waals surface area contributed by atoms with Crippen LogP contribution >= 0.6 is 23.2 Å². The summed E-state index contributed by atoms with van der Waals surface area (Å²) in [6.07, 6.45) is 0.239. The lowest BCUT2D eigenvalue weighted by atomic mass is 10.1. The topological polar surface area (TPSA) is 64.7 Å². The highest BCUT2D eigenvalue weighted by atomic mass is 35.5. The molecule has 2 aromatic heterocycles. The second-order valence-electron chi connectivity index (χ2n) is 7.19. The number of hydrogen-bond acceptors (Lipinski definition) is 3. The smallest absolute Gasteiger partial charge is 0.224 e. The standard InChI is InChI=1S/C22H21Cl2N5O/c1-13-16(14(2)29(27-13)15-8-9-17(23)18(24)10-15)11-22(30)25-12-21-26-19-6-4-5-7-20(19)28(21)3/h4-10H,11-12H2,1-3H3,(H,25,30). The van der Waals surface area contributed by atoms with Gasteiger partial charge in [-0.25, -0.2) is 9.67 Å². The second kappa shape index (κ2) is 8.13. The molecule has 0 atom stereocenters. The lowest BCUT2D eigenvalue weighted by Gasteiger charge is -2.08. The van der Waals surface area contributed by atoms with Gasteiger partial charge < -0.3 is 9.88 Å².